The van der Waals surface area contributed by atoms with Crippen molar-refractivity contribution in [3.05, 3.63) is 35.9 Å². The number of hydrogen-bond acceptors (Lipinski definition) is 4. The van der Waals surface area contributed by atoms with Crippen molar-refractivity contribution < 1.29 is 19.4 Å². The molecule has 5 heteroatoms. The first-order valence-electron chi connectivity index (χ1n) is 6.46. The van der Waals surface area contributed by atoms with Crippen molar-refractivity contribution in [3.8, 4) is 0 Å². The molecule has 20 heavy (non-hydrogen) atoms. The van der Waals surface area contributed by atoms with Gasteiger partial charge in [-0.15, -0.1) is 0 Å². The van der Waals surface area contributed by atoms with Crippen LogP contribution >= 0.6 is 0 Å². The number of carboxylic acid groups (broad SMARTS) is 1. The first-order chi connectivity index (χ1) is 9.20. The Labute approximate surface area is 118 Å². The second kappa shape index (κ2) is 6.52. The zero-order chi connectivity index (χ0) is 15.3. The van der Waals surface area contributed by atoms with E-state index < -0.39 is 29.5 Å². The highest BCUT2D eigenvalue weighted by Crippen LogP contribution is 2.18. The van der Waals surface area contributed by atoms with Crippen LogP contribution in [0.4, 0.5) is 0 Å². The molecule has 0 amide bonds. The van der Waals surface area contributed by atoms with E-state index in [0.717, 1.165) is 5.56 Å². The third kappa shape index (κ3) is 5.01. The number of esters is 1. The predicted octanol–water partition coefficient (Wildman–Crippen LogP) is 1.60. The van der Waals surface area contributed by atoms with E-state index in [9.17, 15) is 9.59 Å². The molecule has 0 aliphatic heterocycles. The van der Waals surface area contributed by atoms with Crippen LogP contribution in [0.3, 0.4) is 0 Å². The quantitative estimate of drug-likeness (QED) is 0.799. The molecule has 3 N–H and O–H groups in total. The lowest BCUT2D eigenvalue weighted by Crippen LogP contribution is -2.45. The van der Waals surface area contributed by atoms with Crippen LogP contribution in [0.15, 0.2) is 30.3 Å². The summed E-state index contributed by atoms with van der Waals surface area (Å²) >= 11 is 0. The molecule has 0 aromatic heterocycles. The molecule has 0 bridgehead atoms. The zero-order valence-corrected chi connectivity index (χ0v) is 12.0. The van der Waals surface area contributed by atoms with Crippen molar-refractivity contribution in [2.75, 3.05) is 0 Å². The van der Waals surface area contributed by atoms with E-state index in [1.54, 1.807) is 20.8 Å². The zero-order valence-electron chi connectivity index (χ0n) is 12.0. The number of hydrogen-bond donors (Lipinski definition) is 2. The lowest BCUT2D eigenvalue weighted by atomic mass is 9.92. The Morgan fingerprint density at radius 1 is 1.25 bits per heavy atom. The minimum atomic E-state index is -1.29. The Bertz CT molecular complexity index is 465. The monoisotopic (exact) mass is 279 g/mol. The summed E-state index contributed by atoms with van der Waals surface area (Å²) in [5.41, 5.74) is 5.80. The van der Waals surface area contributed by atoms with Crippen molar-refractivity contribution in [2.45, 2.75) is 38.8 Å². The number of carbonyl (C=O) groups is 2. The molecule has 0 radical (unpaired) electrons. The lowest BCUT2D eigenvalue weighted by molar-refractivity contribution is -0.163. The van der Waals surface area contributed by atoms with E-state index in [1.165, 1.54) is 0 Å². The highest BCUT2D eigenvalue weighted by molar-refractivity contribution is 5.83. The van der Waals surface area contributed by atoms with E-state index in [1.807, 2.05) is 30.3 Å². The molecular weight excluding hydrogens is 258 g/mol. The van der Waals surface area contributed by atoms with Gasteiger partial charge in [0.25, 0.3) is 0 Å². The molecule has 0 aliphatic rings. The average Bonchev–Trinajstić information content (AvgIpc) is 2.34. The Morgan fingerprint density at radius 2 is 1.80 bits per heavy atom. The minimum Gasteiger partial charge on any atom is -0.480 e. The van der Waals surface area contributed by atoms with Crippen LogP contribution in [-0.4, -0.2) is 28.7 Å². The van der Waals surface area contributed by atoms with Crippen LogP contribution in [-0.2, 0) is 20.7 Å². The van der Waals surface area contributed by atoms with Crippen molar-refractivity contribution in [2.24, 2.45) is 11.7 Å². The van der Waals surface area contributed by atoms with Gasteiger partial charge in [0.15, 0.2) is 0 Å². The summed E-state index contributed by atoms with van der Waals surface area (Å²) in [6.07, 6.45) is 0.239. The van der Waals surface area contributed by atoms with Gasteiger partial charge in [-0.2, -0.15) is 0 Å². The van der Waals surface area contributed by atoms with E-state index >= 15 is 0 Å². The van der Waals surface area contributed by atoms with Gasteiger partial charge in [0.05, 0.1) is 5.92 Å². The Kier molecular flexibility index (Phi) is 5.27. The number of aliphatic carboxylic acids is 1. The van der Waals surface area contributed by atoms with Gasteiger partial charge in [-0.3, -0.25) is 9.59 Å². The van der Waals surface area contributed by atoms with Crippen LogP contribution in [0, 0.1) is 5.92 Å². The van der Waals surface area contributed by atoms with Crippen molar-refractivity contribution >= 4 is 11.9 Å². The molecule has 2 unspecified atom stereocenters. The Hall–Kier alpha value is -1.88. The van der Waals surface area contributed by atoms with Crippen LogP contribution in [0.25, 0.3) is 0 Å². The second-order valence-corrected chi connectivity index (χ2v) is 5.69. The maximum Gasteiger partial charge on any atom is 0.321 e. The molecular formula is C15H21NO4. The summed E-state index contributed by atoms with van der Waals surface area (Å²) in [6, 6.07) is 7.87. The van der Waals surface area contributed by atoms with Crippen molar-refractivity contribution in [1.29, 1.82) is 0 Å². The summed E-state index contributed by atoms with van der Waals surface area (Å²) < 4.78 is 5.26. The molecule has 0 heterocycles. The molecule has 1 aromatic rings. The van der Waals surface area contributed by atoms with Crippen molar-refractivity contribution in [3.63, 3.8) is 0 Å². The number of ether oxygens (including phenoxy) is 1. The molecule has 1 rings (SSSR count). The van der Waals surface area contributed by atoms with E-state index in [0.29, 0.717) is 0 Å². The highest BCUT2D eigenvalue weighted by atomic mass is 16.6. The van der Waals surface area contributed by atoms with Gasteiger partial charge in [0.1, 0.15) is 11.6 Å². The first kappa shape index (κ1) is 16.2. The molecule has 0 saturated carbocycles. The SMILES string of the molecule is CC(C)(C)OC(=O)C(Cc1ccccc1)C(N)C(=O)O. The van der Waals surface area contributed by atoms with Gasteiger partial charge in [-0.25, -0.2) is 0 Å². The van der Waals surface area contributed by atoms with Crippen LogP contribution in [0.5, 0.6) is 0 Å². The van der Waals surface area contributed by atoms with Crippen LogP contribution in [0.1, 0.15) is 26.3 Å². The Morgan fingerprint density at radius 3 is 2.25 bits per heavy atom. The number of benzene rings is 1. The molecule has 0 spiro atoms. The number of carboxylic acids is 1. The minimum absolute atomic E-state index is 0.239. The summed E-state index contributed by atoms with van der Waals surface area (Å²) in [4.78, 5) is 23.2. The topological polar surface area (TPSA) is 89.6 Å². The third-order valence-electron chi connectivity index (χ3n) is 2.73. The maximum atomic E-state index is 12.1. The fraction of sp³-hybridized carbons (Fsp3) is 0.467. The van der Waals surface area contributed by atoms with Crippen molar-refractivity contribution in [1.82, 2.24) is 0 Å². The first-order valence-corrected chi connectivity index (χ1v) is 6.46. The van der Waals surface area contributed by atoms with Gasteiger partial charge in [-0.1, -0.05) is 30.3 Å². The largest absolute Gasteiger partial charge is 0.480 e. The number of rotatable bonds is 5. The van der Waals surface area contributed by atoms with Gasteiger partial charge < -0.3 is 15.6 Å². The molecule has 0 fully saturated rings. The average molecular weight is 279 g/mol. The fourth-order valence-corrected chi connectivity index (χ4v) is 1.77. The molecule has 110 valence electrons. The van der Waals surface area contributed by atoms with Gasteiger partial charge in [-0.05, 0) is 32.8 Å². The predicted molar refractivity (Wildman–Crippen MR) is 75.1 cm³/mol. The maximum absolute atomic E-state index is 12.1. The summed E-state index contributed by atoms with van der Waals surface area (Å²) in [5.74, 6) is -2.71. The number of nitrogens with two attached hydrogens (primary N) is 1. The fourth-order valence-electron chi connectivity index (χ4n) is 1.77. The standard InChI is InChI=1S/C15H21NO4/c1-15(2,3)20-14(19)11(12(16)13(17)18)9-10-7-5-4-6-8-10/h4-8,11-12H,9,16H2,1-3H3,(H,17,18). The van der Waals surface area contributed by atoms with Gasteiger partial charge >= 0.3 is 11.9 Å². The molecule has 1 aromatic carbocycles. The van der Waals surface area contributed by atoms with E-state index in [4.69, 9.17) is 15.6 Å². The lowest BCUT2D eigenvalue weighted by Gasteiger charge is -2.25. The van der Waals surface area contributed by atoms with E-state index in [2.05, 4.69) is 0 Å². The van der Waals surface area contributed by atoms with Crippen LogP contribution in [0.2, 0.25) is 0 Å². The summed E-state index contributed by atoms with van der Waals surface area (Å²) in [5, 5.41) is 9.04. The Balaban J connectivity index is 2.91. The van der Waals surface area contributed by atoms with E-state index in [-0.39, 0.29) is 6.42 Å². The second-order valence-electron chi connectivity index (χ2n) is 5.69. The molecule has 2 atom stereocenters. The van der Waals surface area contributed by atoms with Gasteiger partial charge in [0.2, 0.25) is 0 Å². The summed E-state index contributed by atoms with van der Waals surface area (Å²) in [6.45, 7) is 5.20. The third-order valence-corrected chi connectivity index (χ3v) is 2.73. The highest BCUT2D eigenvalue weighted by Gasteiger charge is 2.34. The summed E-state index contributed by atoms with van der Waals surface area (Å²) in [7, 11) is 0. The molecule has 0 saturated heterocycles. The molecule has 0 aliphatic carbocycles. The number of carbonyl (C=O) groups excluding carboxylic acids is 1. The normalized spacial score (nSPS) is 14.4. The smallest absolute Gasteiger partial charge is 0.321 e. The molecule has 5 nitrogen and oxygen atoms in total. The van der Waals surface area contributed by atoms with Crippen LogP contribution < -0.4 is 5.73 Å². The van der Waals surface area contributed by atoms with Gasteiger partial charge in [0, 0.05) is 0 Å².